The fraction of sp³-hybridized carbons (Fsp3) is 0.462. The lowest BCUT2D eigenvalue weighted by molar-refractivity contribution is 0.0919. The van der Waals surface area contributed by atoms with Crippen LogP contribution in [0.15, 0.2) is 18.3 Å². The molecule has 0 aliphatic carbocycles. The fourth-order valence-electron chi connectivity index (χ4n) is 1.66. The SMILES string of the molecule is CCC(NC(=O)c1ccc(C(N)=S)cn1)C(C)C. The first-order valence-electron chi connectivity index (χ1n) is 6.02. The van der Waals surface area contributed by atoms with E-state index in [0.717, 1.165) is 6.42 Å². The van der Waals surface area contributed by atoms with Gasteiger partial charge in [-0.2, -0.15) is 0 Å². The topological polar surface area (TPSA) is 68.0 Å². The Balaban J connectivity index is 2.75. The predicted octanol–water partition coefficient (Wildman–Crippen LogP) is 1.88. The number of hydrogen-bond donors (Lipinski definition) is 2. The lowest BCUT2D eigenvalue weighted by Crippen LogP contribution is -2.38. The quantitative estimate of drug-likeness (QED) is 0.798. The highest BCUT2D eigenvalue weighted by molar-refractivity contribution is 7.80. The minimum atomic E-state index is -0.162. The first-order chi connectivity index (χ1) is 8.45. The molecule has 1 rings (SSSR count). The van der Waals surface area contributed by atoms with E-state index in [2.05, 4.69) is 24.1 Å². The Morgan fingerprint density at radius 2 is 2.17 bits per heavy atom. The summed E-state index contributed by atoms with van der Waals surface area (Å²) in [6.45, 7) is 6.21. The molecule has 1 atom stereocenters. The molecule has 0 aromatic carbocycles. The van der Waals surface area contributed by atoms with Crippen molar-refractivity contribution in [2.24, 2.45) is 11.7 Å². The van der Waals surface area contributed by atoms with E-state index in [-0.39, 0.29) is 16.9 Å². The molecule has 1 amide bonds. The summed E-state index contributed by atoms with van der Waals surface area (Å²) in [5, 5.41) is 2.97. The molecule has 98 valence electrons. The molecule has 0 spiro atoms. The second-order valence-corrected chi connectivity index (χ2v) is 4.97. The zero-order valence-electron chi connectivity index (χ0n) is 10.9. The third-order valence-corrected chi connectivity index (χ3v) is 3.08. The van der Waals surface area contributed by atoms with Crippen LogP contribution in [0.4, 0.5) is 0 Å². The van der Waals surface area contributed by atoms with Gasteiger partial charge in [0, 0.05) is 17.8 Å². The summed E-state index contributed by atoms with van der Waals surface area (Å²) in [6.07, 6.45) is 2.42. The highest BCUT2D eigenvalue weighted by Gasteiger charge is 2.16. The zero-order chi connectivity index (χ0) is 13.7. The number of nitrogens with zero attached hydrogens (tertiary/aromatic N) is 1. The van der Waals surface area contributed by atoms with Crippen LogP contribution in [0.2, 0.25) is 0 Å². The number of aromatic nitrogens is 1. The number of rotatable bonds is 5. The maximum Gasteiger partial charge on any atom is 0.270 e. The Kier molecular flexibility index (Phi) is 5.22. The third kappa shape index (κ3) is 3.77. The second kappa shape index (κ2) is 6.44. The summed E-state index contributed by atoms with van der Waals surface area (Å²) in [4.78, 5) is 16.3. The molecular formula is C13H19N3OS. The van der Waals surface area contributed by atoms with Gasteiger partial charge in [-0.15, -0.1) is 0 Å². The summed E-state index contributed by atoms with van der Waals surface area (Å²) in [7, 11) is 0. The summed E-state index contributed by atoms with van der Waals surface area (Å²) in [6, 6.07) is 3.51. The minimum absolute atomic E-state index is 0.162. The van der Waals surface area contributed by atoms with Crippen LogP contribution >= 0.6 is 12.2 Å². The van der Waals surface area contributed by atoms with Crippen molar-refractivity contribution >= 4 is 23.1 Å². The van der Waals surface area contributed by atoms with Crippen molar-refractivity contribution in [3.8, 4) is 0 Å². The van der Waals surface area contributed by atoms with E-state index in [4.69, 9.17) is 18.0 Å². The van der Waals surface area contributed by atoms with Gasteiger partial charge in [-0.1, -0.05) is 33.0 Å². The van der Waals surface area contributed by atoms with Crippen molar-refractivity contribution in [1.29, 1.82) is 0 Å². The molecule has 18 heavy (non-hydrogen) atoms. The largest absolute Gasteiger partial charge is 0.389 e. The number of nitrogens with one attached hydrogen (secondary N) is 1. The number of hydrogen-bond acceptors (Lipinski definition) is 3. The number of nitrogens with two attached hydrogens (primary N) is 1. The van der Waals surface area contributed by atoms with Crippen molar-refractivity contribution in [2.75, 3.05) is 0 Å². The molecule has 1 heterocycles. The van der Waals surface area contributed by atoms with Crippen LogP contribution in [0, 0.1) is 5.92 Å². The van der Waals surface area contributed by atoms with Crippen LogP contribution < -0.4 is 11.1 Å². The van der Waals surface area contributed by atoms with Crippen molar-refractivity contribution in [3.05, 3.63) is 29.6 Å². The van der Waals surface area contributed by atoms with E-state index >= 15 is 0 Å². The summed E-state index contributed by atoms with van der Waals surface area (Å²) in [5.74, 6) is 0.236. The summed E-state index contributed by atoms with van der Waals surface area (Å²) < 4.78 is 0. The second-order valence-electron chi connectivity index (χ2n) is 4.53. The van der Waals surface area contributed by atoms with Gasteiger partial charge in [-0.3, -0.25) is 9.78 Å². The van der Waals surface area contributed by atoms with E-state index < -0.39 is 0 Å². The molecule has 1 unspecified atom stereocenters. The van der Waals surface area contributed by atoms with Crippen molar-refractivity contribution in [3.63, 3.8) is 0 Å². The molecule has 0 aliphatic rings. The van der Waals surface area contributed by atoms with Gasteiger partial charge in [0.25, 0.3) is 5.91 Å². The summed E-state index contributed by atoms with van der Waals surface area (Å²) in [5.41, 5.74) is 6.52. The van der Waals surface area contributed by atoms with E-state index in [1.165, 1.54) is 6.20 Å². The Morgan fingerprint density at radius 1 is 1.50 bits per heavy atom. The minimum Gasteiger partial charge on any atom is -0.389 e. The lowest BCUT2D eigenvalue weighted by Gasteiger charge is -2.20. The summed E-state index contributed by atoms with van der Waals surface area (Å²) >= 11 is 4.83. The molecular weight excluding hydrogens is 246 g/mol. The van der Waals surface area contributed by atoms with E-state index in [1.54, 1.807) is 12.1 Å². The number of carbonyl (C=O) groups excluding carboxylic acids is 1. The average Bonchev–Trinajstić information content (AvgIpc) is 2.35. The Hall–Kier alpha value is -1.49. The molecule has 0 aliphatic heterocycles. The molecule has 0 radical (unpaired) electrons. The highest BCUT2D eigenvalue weighted by Crippen LogP contribution is 2.07. The van der Waals surface area contributed by atoms with E-state index in [1.807, 2.05) is 6.92 Å². The zero-order valence-corrected chi connectivity index (χ0v) is 11.8. The number of pyridine rings is 1. The van der Waals surface area contributed by atoms with Gasteiger partial charge < -0.3 is 11.1 Å². The van der Waals surface area contributed by atoms with Gasteiger partial charge in [0.2, 0.25) is 0 Å². The standard InChI is InChI=1S/C13H19N3OS/c1-4-10(8(2)3)16-13(17)11-6-5-9(7-15-11)12(14)18/h5-8,10H,4H2,1-3H3,(H2,14,18)(H,16,17). The molecule has 3 N–H and O–H groups in total. The van der Waals surface area contributed by atoms with Crippen LogP contribution in [0.1, 0.15) is 43.2 Å². The molecule has 5 heteroatoms. The molecule has 0 bridgehead atoms. The Morgan fingerprint density at radius 3 is 2.56 bits per heavy atom. The van der Waals surface area contributed by atoms with Gasteiger partial charge in [0.15, 0.2) is 0 Å². The van der Waals surface area contributed by atoms with Crippen LogP contribution in [0.25, 0.3) is 0 Å². The Labute approximate surface area is 113 Å². The highest BCUT2D eigenvalue weighted by atomic mass is 32.1. The van der Waals surface area contributed by atoms with Gasteiger partial charge in [0.05, 0.1) is 0 Å². The monoisotopic (exact) mass is 265 g/mol. The van der Waals surface area contributed by atoms with Crippen LogP contribution in [0.5, 0.6) is 0 Å². The van der Waals surface area contributed by atoms with Gasteiger partial charge >= 0.3 is 0 Å². The molecule has 0 saturated carbocycles. The van der Waals surface area contributed by atoms with Crippen LogP contribution in [-0.2, 0) is 0 Å². The molecule has 1 aromatic rings. The normalized spacial score (nSPS) is 12.2. The first kappa shape index (κ1) is 14.6. The van der Waals surface area contributed by atoms with Crippen LogP contribution in [-0.4, -0.2) is 21.9 Å². The molecule has 0 saturated heterocycles. The number of carbonyl (C=O) groups is 1. The molecule has 4 nitrogen and oxygen atoms in total. The smallest absolute Gasteiger partial charge is 0.270 e. The lowest BCUT2D eigenvalue weighted by atomic mass is 10.0. The maximum absolute atomic E-state index is 12.0. The van der Waals surface area contributed by atoms with Gasteiger partial charge in [-0.25, -0.2) is 0 Å². The van der Waals surface area contributed by atoms with Crippen molar-refractivity contribution in [1.82, 2.24) is 10.3 Å². The van der Waals surface area contributed by atoms with E-state index in [9.17, 15) is 4.79 Å². The number of amides is 1. The number of thiocarbonyl (C=S) groups is 1. The molecule has 1 aromatic heterocycles. The predicted molar refractivity (Wildman–Crippen MR) is 76.5 cm³/mol. The third-order valence-electron chi connectivity index (χ3n) is 2.84. The van der Waals surface area contributed by atoms with Gasteiger partial charge in [-0.05, 0) is 24.5 Å². The van der Waals surface area contributed by atoms with Crippen LogP contribution in [0.3, 0.4) is 0 Å². The Bertz CT molecular complexity index is 428. The molecule has 0 fully saturated rings. The van der Waals surface area contributed by atoms with Gasteiger partial charge in [0.1, 0.15) is 10.7 Å². The first-order valence-corrected chi connectivity index (χ1v) is 6.43. The fourth-order valence-corrected chi connectivity index (χ4v) is 1.78. The van der Waals surface area contributed by atoms with Crippen molar-refractivity contribution < 1.29 is 4.79 Å². The van der Waals surface area contributed by atoms with Crippen molar-refractivity contribution in [2.45, 2.75) is 33.2 Å². The van der Waals surface area contributed by atoms with E-state index in [0.29, 0.717) is 17.2 Å². The maximum atomic E-state index is 12.0. The average molecular weight is 265 g/mol.